The van der Waals surface area contributed by atoms with Crippen LogP contribution in [0, 0.1) is 0 Å². The van der Waals surface area contributed by atoms with Crippen molar-refractivity contribution in [3.63, 3.8) is 0 Å². The molecule has 0 bridgehead atoms. The number of aryl methyl sites for hydroxylation is 1. The van der Waals surface area contributed by atoms with E-state index in [0.29, 0.717) is 0 Å². The van der Waals surface area contributed by atoms with Gasteiger partial charge in [0.05, 0.1) is 0 Å². The lowest BCUT2D eigenvalue weighted by atomic mass is 10.2. The quantitative estimate of drug-likeness (QED) is 0.481. The fourth-order valence-corrected chi connectivity index (χ4v) is 3.34. The first-order chi connectivity index (χ1) is 9.20. The van der Waals surface area contributed by atoms with Crippen LogP contribution in [0.1, 0.15) is 5.82 Å². The lowest BCUT2D eigenvalue weighted by molar-refractivity contribution is 0.552. The molecule has 0 aliphatic heterocycles. The van der Waals surface area contributed by atoms with Crippen LogP contribution in [-0.4, -0.2) is 21.3 Å². The molecular formula is C13H17BrN4S. The van der Waals surface area contributed by atoms with Crippen LogP contribution in [-0.2, 0) is 13.5 Å². The van der Waals surface area contributed by atoms with Gasteiger partial charge in [-0.2, -0.15) is 0 Å². The van der Waals surface area contributed by atoms with Crippen LogP contribution in [0.25, 0.3) is 0 Å². The standard InChI is InChI=1S/C13H17BrN4S/c1-18-7-6-16-13(18)8-10(17-15)9-19-12-5-3-2-4-11(12)14/h2-7,10,17H,8-9,15H2,1H3. The van der Waals surface area contributed by atoms with Gasteiger partial charge in [0, 0.05) is 47.0 Å². The molecule has 0 saturated carbocycles. The Labute approximate surface area is 125 Å². The summed E-state index contributed by atoms with van der Waals surface area (Å²) in [4.78, 5) is 5.55. The molecular weight excluding hydrogens is 324 g/mol. The Morgan fingerprint density at radius 1 is 1.47 bits per heavy atom. The topological polar surface area (TPSA) is 55.9 Å². The number of thioether (sulfide) groups is 1. The number of nitrogens with two attached hydrogens (primary N) is 1. The minimum atomic E-state index is 0.193. The summed E-state index contributed by atoms with van der Waals surface area (Å²) >= 11 is 5.33. The molecule has 6 heteroatoms. The van der Waals surface area contributed by atoms with Crippen molar-refractivity contribution >= 4 is 27.7 Å². The highest BCUT2D eigenvalue weighted by molar-refractivity contribution is 9.10. The summed E-state index contributed by atoms with van der Waals surface area (Å²) in [5.41, 5.74) is 2.87. The highest BCUT2D eigenvalue weighted by atomic mass is 79.9. The van der Waals surface area contributed by atoms with Gasteiger partial charge in [0.25, 0.3) is 0 Å². The third-order valence-corrected chi connectivity index (χ3v) is 5.05. The molecule has 4 nitrogen and oxygen atoms in total. The van der Waals surface area contributed by atoms with Gasteiger partial charge in [-0.25, -0.2) is 4.98 Å². The van der Waals surface area contributed by atoms with E-state index in [1.54, 1.807) is 11.8 Å². The van der Waals surface area contributed by atoms with Crippen LogP contribution >= 0.6 is 27.7 Å². The summed E-state index contributed by atoms with van der Waals surface area (Å²) in [5, 5.41) is 0. The van der Waals surface area contributed by atoms with Crippen LogP contribution in [0.4, 0.5) is 0 Å². The first-order valence-electron chi connectivity index (χ1n) is 6.00. The minimum Gasteiger partial charge on any atom is -0.338 e. The van der Waals surface area contributed by atoms with Crippen LogP contribution in [0.5, 0.6) is 0 Å². The average Bonchev–Trinajstić information content (AvgIpc) is 2.81. The van der Waals surface area contributed by atoms with E-state index in [4.69, 9.17) is 5.84 Å². The molecule has 0 aliphatic rings. The fraction of sp³-hybridized carbons (Fsp3) is 0.308. The Hall–Kier alpha value is -0.820. The molecule has 1 unspecified atom stereocenters. The summed E-state index contributed by atoms with van der Waals surface area (Å²) < 4.78 is 3.14. The number of hydrogen-bond donors (Lipinski definition) is 2. The van der Waals surface area contributed by atoms with E-state index >= 15 is 0 Å². The first kappa shape index (κ1) is 14.6. The van der Waals surface area contributed by atoms with E-state index in [2.05, 4.69) is 32.4 Å². The van der Waals surface area contributed by atoms with Gasteiger partial charge in [-0.15, -0.1) is 11.8 Å². The van der Waals surface area contributed by atoms with Crippen molar-refractivity contribution in [3.8, 4) is 0 Å². The van der Waals surface area contributed by atoms with E-state index in [-0.39, 0.29) is 6.04 Å². The zero-order valence-corrected chi connectivity index (χ0v) is 13.1. The number of aromatic nitrogens is 2. The van der Waals surface area contributed by atoms with Crippen molar-refractivity contribution in [2.75, 3.05) is 5.75 Å². The van der Waals surface area contributed by atoms with Gasteiger partial charge in [-0.1, -0.05) is 12.1 Å². The Kier molecular flexibility index (Phi) is 5.45. The molecule has 3 N–H and O–H groups in total. The van der Waals surface area contributed by atoms with Crippen LogP contribution in [0.3, 0.4) is 0 Å². The van der Waals surface area contributed by atoms with Crippen molar-refractivity contribution in [3.05, 3.63) is 47.0 Å². The minimum absolute atomic E-state index is 0.193. The molecule has 1 heterocycles. The summed E-state index contributed by atoms with van der Waals surface area (Å²) in [6, 6.07) is 8.39. The smallest absolute Gasteiger partial charge is 0.110 e. The lowest BCUT2D eigenvalue weighted by Gasteiger charge is -2.15. The number of nitrogens with one attached hydrogen (secondary N) is 1. The number of halogens is 1. The van der Waals surface area contributed by atoms with Crippen molar-refractivity contribution < 1.29 is 0 Å². The summed E-state index contributed by atoms with van der Waals surface area (Å²) in [6.07, 6.45) is 4.57. The third kappa shape index (κ3) is 4.07. The largest absolute Gasteiger partial charge is 0.338 e. The van der Waals surface area contributed by atoms with Crippen LogP contribution < -0.4 is 11.3 Å². The summed E-state index contributed by atoms with van der Waals surface area (Å²) in [5.74, 6) is 7.56. The van der Waals surface area contributed by atoms with Gasteiger partial charge in [-0.05, 0) is 28.1 Å². The van der Waals surface area contributed by atoms with Gasteiger partial charge >= 0.3 is 0 Å². The molecule has 102 valence electrons. The zero-order valence-electron chi connectivity index (χ0n) is 10.7. The van der Waals surface area contributed by atoms with E-state index in [9.17, 15) is 0 Å². The maximum absolute atomic E-state index is 5.63. The van der Waals surface area contributed by atoms with E-state index in [1.165, 1.54) is 4.90 Å². The van der Waals surface area contributed by atoms with E-state index in [1.807, 2.05) is 42.2 Å². The van der Waals surface area contributed by atoms with Gasteiger partial charge < -0.3 is 4.57 Å². The second kappa shape index (κ2) is 7.09. The third-order valence-electron chi connectivity index (χ3n) is 2.86. The monoisotopic (exact) mass is 340 g/mol. The molecule has 2 rings (SSSR count). The molecule has 1 aromatic carbocycles. The van der Waals surface area contributed by atoms with Gasteiger partial charge in [0.1, 0.15) is 5.82 Å². The lowest BCUT2D eigenvalue weighted by Crippen LogP contribution is -2.39. The van der Waals surface area contributed by atoms with E-state index in [0.717, 1.165) is 22.5 Å². The summed E-state index contributed by atoms with van der Waals surface area (Å²) in [7, 11) is 2.00. The van der Waals surface area contributed by atoms with Gasteiger partial charge in [0.2, 0.25) is 0 Å². The van der Waals surface area contributed by atoms with Crippen molar-refractivity contribution in [1.82, 2.24) is 15.0 Å². The first-order valence-corrected chi connectivity index (χ1v) is 7.78. The Morgan fingerprint density at radius 3 is 2.89 bits per heavy atom. The van der Waals surface area contributed by atoms with Gasteiger partial charge in [-0.3, -0.25) is 11.3 Å². The van der Waals surface area contributed by atoms with Crippen molar-refractivity contribution in [2.45, 2.75) is 17.4 Å². The number of rotatable bonds is 6. The highest BCUT2D eigenvalue weighted by Gasteiger charge is 2.12. The SMILES string of the molecule is Cn1ccnc1CC(CSc1ccccc1Br)NN. The zero-order chi connectivity index (χ0) is 13.7. The maximum atomic E-state index is 5.63. The molecule has 0 amide bonds. The molecule has 19 heavy (non-hydrogen) atoms. The fourth-order valence-electron chi connectivity index (χ4n) is 1.73. The van der Waals surface area contributed by atoms with Crippen molar-refractivity contribution in [1.29, 1.82) is 0 Å². The molecule has 0 fully saturated rings. The van der Waals surface area contributed by atoms with E-state index < -0.39 is 0 Å². The number of hydrazine groups is 1. The number of imidazole rings is 1. The number of hydrogen-bond acceptors (Lipinski definition) is 4. The predicted molar refractivity (Wildman–Crippen MR) is 82.9 cm³/mol. The highest BCUT2D eigenvalue weighted by Crippen LogP contribution is 2.27. The van der Waals surface area contributed by atoms with Crippen LogP contribution in [0.15, 0.2) is 46.0 Å². The number of benzene rings is 1. The molecule has 1 atom stereocenters. The van der Waals surface area contributed by atoms with Crippen molar-refractivity contribution in [2.24, 2.45) is 12.9 Å². The Bertz CT molecular complexity index is 529. The Balaban J connectivity index is 1.93. The predicted octanol–water partition coefficient (Wildman–Crippen LogP) is 2.35. The molecule has 0 saturated heterocycles. The second-order valence-corrected chi connectivity index (χ2v) is 6.18. The van der Waals surface area contributed by atoms with Crippen LogP contribution in [0.2, 0.25) is 0 Å². The molecule has 0 spiro atoms. The second-order valence-electron chi connectivity index (χ2n) is 4.26. The molecule has 0 radical (unpaired) electrons. The molecule has 2 aromatic rings. The molecule has 1 aromatic heterocycles. The Morgan fingerprint density at radius 2 is 2.26 bits per heavy atom. The number of nitrogens with zero attached hydrogens (tertiary/aromatic N) is 2. The molecule has 0 aliphatic carbocycles. The normalized spacial score (nSPS) is 12.6. The summed E-state index contributed by atoms with van der Waals surface area (Å²) in [6.45, 7) is 0. The van der Waals surface area contributed by atoms with Gasteiger partial charge in [0.15, 0.2) is 0 Å². The maximum Gasteiger partial charge on any atom is 0.110 e. The average molecular weight is 341 g/mol.